The SMILES string of the molecule is CCCCCCCCC(O)(O)C1CCCCC1. The summed E-state index contributed by atoms with van der Waals surface area (Å²) in [6, 6.07) is 0. The van der Waals surface area contributed by atoms with E-state index in [0.29, 0.717) is 6.42 Å². The highest BCUT2D eigenvalue weighted by Gasteiger charge is 2.34. The molecule has 0 bridgehead atoms. The van der Waals surface area contributed by atoms with E-state index in [1.165, 1.54) is 44.9 Å². The first-order chi connectivity index (χ1) is 8.17. The third kappa shape index (κ3) is 5.87. The van der Waals surface area contributed by atoms with Crippen LogP contribution in [0.1, 0.15) is 84.0 Å². The molecule has 17 heavy (non-hydrogen) atoms. The summed E-state index contributed by atoms with van der Waals surface area (Å²) in [6.45, 7) is 2.22. The zero-order chi connectivity index (χ0) is 12.6. The fraction of sp³-hybridized carbons (Fsp3) is 1.00. The quantitative estimate of drug-likeness (QED) is 0.499. The highest BCUT2D eigenvalue weighted by molar-refractivity contribution is 4.78. The van der Waals surface area contributed by atoms with Crippen molar-refractivity contribution in [1.29, 1.82) is 0 Å². The van der Waals surface area contributed by atoms with E-state index in [9.17, 15) is 10.2 Å². The van der Waals surface area contributed by atoms with Gasteiger partial charge in [-0.2, -0.15) is 0 Å². The van der Waals surface area contributed by atoms with Gasteiger partial charge in [-0.05, 0) is 19.3 Å². The third-order valence-electron chi connectivity index (χ3n) is 4.16. The molecule has 2 N–H and O–H groups in total. The van der Waals surface area contributed by atoms with Crippen LogP contribution in [0.25, 0.3) is 0 Å². The molecule has 0 amide bonds. The first kappa shape index (κ1) is 15.0. The molecule has 1 saturated carbocycles. The maximum Gasteiger partial charge on any atom is 0.165 e. The second-order valence-electron chi connectivity index (χ2n) is 5.73. The van der Waals surface area contributed by atoms with E-state index in [2.05, 4.69) is 6.92 Å². The largest absolute Gasteiger partial charge is 0.365 e. The highest BCUT2D eigenvalue weighted by atomic mass is 16.5. The molecule has 0 aromatic heterocycles. The van der Waals surface area contributed by atoms with Crippen molar-refractivity contribution in [3.05, 3.63) is 0 Å². The molecule has 0 radical (unpaired) electrons. The Morgan fingerprint density at radius 2 is 1.47 bits per heavy atom. The second kappa shape index (κ2) is 8.10. The van der Waals surface area contributed by atoms with Crippen LogP contribution in [-0.2, 0) is 0 Å². The zero-order valence-corrected chi connectivity index (χ0v) is 11.5. The second-order valence-corrected chi connectivity index (χ2v) is 5.73. The fourth-order valence-electron chi connectivity index (χ4n) is 2.93. The van der Waals surface area contributed by atoms with E-state index >= 15 is 0 Å². The van der Waals surface area contributed by atoms with Gasteiger partial charge in [-0.1, -0.05) is 58.3 Å². The topological polar surface area (TPSA) is 40.5 Å². The van der Waals surface area contributed by atoms with Gasteiger partial charge in [-0.15, -0.1) is 0 Å². The number of hydrogen-bond acceptors (Lipinski definition) is 2. The van der Waals surface area contributed by atoms with E-state index in [0.717, 1.165) is 25.7 Å². The Bertz CT molecular complexity index is 183. The monoisotopic (exact) mass is 242 g/mol. The number of unbranched alkanes of at least 4 members (excludes halogenated alkanes) is 5. The molecule has 1 aliphatic carbocycles. The maximum atomic E-state index is 10.1. The molecule has 1 aliphatic rings. The number of aliphatic hydroxyl groups is 2. The lowest BCUT2D eigenvalue weighted by Gasteiger charge is -2.34. The molecule has 0 heterocycles. The Hall–Kier alpha value is -0.0800. The zero-order valence-electron chi connectivity index (χ0n) is 11.5. The number of hydrogen-bond donors (Lipinski definition) is 2. The van der Waals surface area contributed by atoms with Crippen molar-refractivity contribution in [2.24, 2.45) is 5.92 Å². The summed E-state index contributed by atoms with van der Waals surface area (Å²) >= 11 is 0. The Morgan fingerprint density at radius 3 is 2.12 bits per heavy atom. The maximum absolute atomic E-state index is 10.1. The predicted octanol–water partition coefficient (Wildman–Crippen LogP) is 4.00. The van der Waals surface area contributed by atoms with Crippen LogP contribution in [-0.4, -0.2) is 16.0 Å². The third-order valence-corrected chi connectivity index (χ3v) is 4.16. The smallest absolute Gasteiger partial charge is 0.165 e. The predicted molar refractivity (Wildman–Crippen MR) is 71.7 cm³/mol. The fourth-order valence-corrected chi connectivity index (χ4v) is 2.93. The minimum Gasteiger partial charge on any atom is -0.365 e. The summed E-state index contributed by atoms with van der Waals surface area (Å²) in [6.07, 6.45) is 13.4. The van der Waals surface area contributed by atoms with Crippen molar-refractivity contribution < 1.29 is 10.2 Å². The highest BCUT2D eigenvalue weighted by Crippen LogP contribution is 2.34. The van der Waals surface area contributed by atoms with Crippen molar-refractivity contribution in [1.82, 2.24) is 0 Å². The lowest BCUT2D eigenvalue weighted by atomic mass is 9.81. The van der Waals surface area contributed by atoms with Crippen molar-refractivity contribution in [3.8, 4) is 0 Å². The molecule has 0 saturated heterocycles. The van der Waals surface area contributed by atoms with Gasteiger partial charge in [0.2, 0.25) is 0 Å². The first-order valence-electron chi connectivity index (χ1n) is 7.61. The van der Waals surface area contributed by atoms with Crippen LogP contribution in [0, 0.1) is 5.92 Å². The van der Waals surface area contributed by atoms with Gasteiger partial charge in [0.25, 0.3) is 0 Å². The molecule has 102 valence electrons. The molecular weight excluding hydrogens is 212 g/mol. The summed E-state index contributed by atoms with van der Waals surface area (Å²) in [5, 5.41) is 20.2. The number of rotatable bonds is 8. The molecule has 2 nitrogen and oxygen atoms in total. The molecule has 0 spiro atoms. The Kier molecular flexibility index (Phi) is 7.14. The van der Waals surface area contributed by atoms with Crippen LogP contribution in [0.15, 0.2) is 0 Å². The first-order valence-corrected chi connectivity index (χ1v) is 7.61. The van der Waals surface area contributed by atoms with Gasteiger partial charge in [0.15, 0.2) is 5.79 Å². The standard InChI is InChI=1S/C15H30O2/c1-2-3-4-5-6-10-13-15(16,17)14-11-8-7-9-12-14/h14,16-17H,2-13H2,1H3. The van der Waals surface area contributed by atoms with Crippen molar-refractivity contribution in [3.63, 3.8) is 0 Å². The summed E-state index contributed by atoms with van der Waals surface area (Å²) in [7, 11) is 0. The molecule has 1 fully saturated rings. The van der Waals surface area contributed by atoms with Crippen molar-refractivity contribution in [2.45, 2.75) is 89.8 Å². The molecule has 0 aromatic carbocycles. The van der Waals surface area contributed by atoms with E-state index < -0.39 is 5.79 Å². The van der Waals surface area contributed by atoms with E-state index in [4.69, 9.17) is 0 Å². The molecule has 1 rings (SSSR count). The Labute approximate surface area is 106 Å². The summed E-state index contributed by atoms with van der Waals surface area (Å²) in [5.74, 6) is -1.25. The van der Waals surface area contributed by atoms with Crippen LogP contribution in [0.3, 0.4) is 0 Å². The van der Waals surface area contributed by atoms with E-state index in [1.807, 2.05) is 0 Å². The Morgan fingerprint density at radius 1 is 0.882 bits per heavy atom. The van der Waals surface area contributed by atoms with Crippen molar-refractivity contribution >= 4 is 0 Å². The minimum absolute atomic E-state index is 0.131. The van der Waals surface area contributed by atoms with Gasteiger partial charge >= 0.3 is 0 Å². The summed E-state index contributed by atoms with van der Waals surface area (Å²) in [5.41, 5.74) is 0. The van der Waals surface area contributed by atoms with Gasteiger partial charge in [0.1, 0.15) is 0 Å². The van der Waals surface area contributed by atoms with Gasteiger partial charge in [-0.25, -0.2) is 0 Å². The molecular formula is C15H30O2. The van der Waals surface area contributed by atoms with Crippen LogP contribution < -0.4 is 0 Å². The van der Waals surface area contributed by atoms with Crippen LogP contribution in [0.5, 0.6) is 0 Å². The van der Waals surface area contributed by atoms with Gasteiger partial charge < -0.3 is 10.2 Å². The molecule has 0 aliphatic heterocycles. The lowest BCUT2D eigenvalue weighted by molar-refractivity contribution is -0.211. The van der Waals surface area contributed by atoms with Crippen LogP contribution in [0.2, 0.25) is 0 Å². The van der Waals surface area contributed by atoms with Crippen LogP contribution in [0.4, 0.5) is 0 Å². The van der Waals surface area contributed by atoms with Crippen LogP contribution >= 0.6 is 0 Å². The van der Waals surface area contributed by atoms with Gasteiger partial charge in [-0.3, -0.25) is 0 Å². The average Bonchev–Trinajstić information content (AvgIpc) is 2.35. The molecule has 2 heteroatoms. The summed E-state index contributed by atoms with van der Waals surface area (Å²) < 4.78 is 0. The van der Waals surface area contributed by atoms with Crippen molar-refractivity contribution in [2.75, 3.05) is 0 Å². The minimum atomic E-state index is -1.38. The average molecular weight is 242 g/mol. The normalized spacial score (nSPS) is 18.5. The Balaban J connectivity index is 2.10. The van der Waals surface area contributed by atoms with E-state index in [1.54, 1.807) is 0 Å². The lowest BCUT2D eigenvalue weighted by Crippen LogP contribution is -2.38. The summed E-state index contributed by atoms with van der Waals surface area (Å²) in [4.78, 5) is 0. The molecule has 0 aromatic rings. The van der Waals surface area contributed by atoms with Gasteiger partial charge in [0.05, 0.1) is 0 Å². The molecule has 0 unspecified atom stereocenters. The van der Waals surface area contributed by atoms with Gasteiger partial charge in [0, 0.05) is 12.3 Å². The molecule has 0 atom stereocenters. The van der Waals surface area contributed by atoms with E-state index in [-0.39, 0.29) is 5.92 Å².